The molecule has 0 bridgehead atoms. The molecule has 1 fully saturated rings. The molecule has 144 valence electrons. The summed E-state index contributed by atoms with van der Waals surface area (Å²) in [4.78, 5) is 15.5. The fraction of sp³-hybridized carbons (Fsp3) is 0.333. The summed E-state index contributed by atoms with van der Waals surface area (Å²) in [5, 5.41) is 7.49. The normalized spacial score (nSPS) is 22.3. The smallest absolute Gasteiger partial charge is 0.275 e. The Balaban J connectivity index is 1.52. The first kappa shape index (κ1) is 17.5. The number of carbonyl (C=O) groups excluding carboxylic acids is 1. The van der Waals surface area contributed by atoms with Crippen molar-refractivity contribution < 1.29 is 13.2 Å². The monoisotopic (exact) mass is 415 g/mol. The van der Waals surface area contributed by atoms with E-state index in [0.29, 0.717) is 17.1 Å². The van der Waals surface area contributed by atoms with E-state index in [0.717, 1.165) is 21.6 Å². The van der Waals surface area contributed by atoms with Crippen LogP contribution >= 0.6 is 11.5 Å². The van der Waals surface area contributed by atoms with E-state index < -0.39 is 15.1 Å². The number of hydrogen-bond acceptors (Lipinski definition) is 7. The third kappa shape index (κ3) is 2.44. The van der Waals surface area contributed by atoms with Gasteiger partial charge in [-0.3, -0.25) is 9.48 Å². The summed E-state index contributed by atoms with van der Waals surface area (Å²) in [6.45, 7) is 2.34. The van der Waals surface area contributed by atoms with Crippen molar-refractivity contribution in [1.82, 2.24) is 24.3 Å². The number of aryl methyl sites for hydroxylation is 2. The minimum absolute atomic E-state index is 0.180. The zero-order valence-electron chi connectivity index (χ0n) is 15.2. The van der Waals surface area contributed by atoms with Crippen LogP contribution < -0.4 is 0 Å². The first-order valence-corrected chi connectivity index (χ1v) is 11.1. The van der Waals surface area contributed by atoms with Gasteiger partial charge in [-0.1, -0.05) is 10.6 Å². The number of rotatable bonds is 2. The molecule has 8 nitrogen and oxygen atoms in total. The number of nitrogens with zero attached hydrogens (tertiary/aromatic N) is 5. The summed E-state index contributed by atoms with van der Waals surface area (Å²) in [7, 11) is -1.63. The Morgan fingerprint density at radius 1 is 1.25 bits per heavy atom. The third-order valence-electron chi connectivity index (χ3n) is 5.56. The molecular weight excluding hydrogens is 398 g/mol. The number of hydrogen-bond donors (Lipinski definition) is 0. The van der Waals surface area contributed by atoms with Gasteiger partial charge in [0.1, 0.15) is 0 Å². The SMILES string of the molecule is Cc1snnc1C(=O)N1C[C@@H]2[C@@H](C1)c1cc(-c3cnn(C)c3)ccc1S2(=O)=O. The highest BCUT2D eigenvalue weighted by Gasteiger charge is 2.51. The van der Waals surface area contributed by atoms with Gasteiger partial charge in [-0.15, -0.1) is 5.10 Å². The molecule has 0 aliphatic carbocycles. The predicted octanol–water partition coefficient (Wildman–Crippen LogP) is 1.64. The Labute approximate surface area is 165 Å². The first-order chi connectivity index (χ1) is 13.4. The van der Waals surface area contributed by atoms with Gasteiger partial charge in [0.15, 0.2) is 15.5 Å². The number of carbonyl (C=O) groups is 1. The number of fused-ring (bicyclic) bond motifs is 3. The van der Waals surface area contributed by atoms with E-state index >= 15 is 0 Å². The van der Waals surface area contributed by atoms with Gasteiger partial charge in [-0.25, -0.2) is 8.42 Å². The second-order valence-electron chi connectivity index (χ2n) is 7.23. The summed E-state index contributed by atoms with van der Waals surface area (Å²) < 4.78 is 31.6. The van der Waals surface area contributed by atoms with Crippen LogP contribution in [0.2, 0.25) is 0 Å². The lowest BCUT2D eigenvalue weighted by molar-refractivity contribution is 0.0784. The fourth-order valence-electron chi connectivity index (χ4n) is 4.14. The highest BCUT2D eigenvalue weighted by atomic mass is 32.2. The van der Waals surface area contributed by atoms with Gasteiger partial charge in [0.05, 0.1) is 21.2 Å². The van der Waals surface area contributed by atoms with E-state index in [2.05, 4.69) is 14.7 Å². The van der Waals surface area contributed by atoms with Gasteiger partial charge in [0.2, 0.25) is 0 Å². The molecule has 1 saturated heterocycles. The second-order valence-corrected chi connectivity index (χ2v) is 10.3. The average Bonchev–Trinajstić information content (AvgIpc) is 3.42. The van der Waals surface area contributed by atoms with Crippen molar-refractivity contribution in [2.24, 2.45) is 7.05 Å². The van der Waals surface area contributed by atoms with Crippen molar-refractivity contribution in [3.8, 4) is 11.1 Å². The van der Waals surface area contributed by atoms with Crippen LogP contribution in [0.3, 0.4) is 0 Å². The topological polar surface area (TPSA) is 98.1 Å². The maximum absolute atomic E-state index is 13.1. The van der Waals surface area contributed by atoms with Gasteiger partial charge in [-0.05, 0) is 41.7 Å². The lowest BCUT2D eigenvalue weighted by atomic mass is 9.95. The Morgan fingerprint density at radius 3 is 2.75 bits per heavy atom. The lowest BCUT2D eigenvalue weighted by Crippen LogP contribution is -2.32. The zero-order valence-corrected chi connectivity index (χ0v) is 16.9. The Kier molecular flexibility index (Phi) is 3.72. The molecule has 0 radical (unpaired) electrons. The number of benzene rings is 1. The van der Waals surface area contributed by atoms with Crippen LogP contribution in [0.1, 0.15) is 26.8 Å². The van der Waals surface area contributed by atoms with Crippen LogP contribution in [-0.2, 0) is 16.9 Å². The van der Waals surface area contributed by atoms with E-state index in [4.69, 9.17) is 0 Å². The number of amides is 1. The van der Waals surface area contributed by atoms with Crippen molar-refractivity contribution in [2.45, 2.75) is 23.0 Å². The predicted molar refractivity (Wildman–Crippen MR) is 103 cm³/mol. The van der Waals surface area contributed by atoms with Crippen molar-refractivity contribution in [2.75, 3.05) is 13.1 Å². The molecule has 1 aromatic carbocycles. The van der Waals surface area contributed by atoms with Gasteiger partial charge < -0.3 is 4.90 Å². The fourth-order valence-corrected chi connectivity index (χ4v) is 6.77. The molecule has 0 saturated carbocycles. The molecular formula is C18H17N5O3S2. The van der Waals surface area contributed by atoms with Crippen LogP contribution in [0.5, 0.6) is 0 Å². The van der Waals surface area contributed by atoms with E-state index in [9.17, 15) is 13.2 Å². The quantitative estimate of drug-likeness (QED) is 0.631. The van der Waals surface area contributed by atoms with Crippen LogP contribution in [0, 0.1) is 6.92 Å². The lowest BCUT2D eigenvalue weighted by Gasteiger charge is -2.17. The molecule has 3 aromatic rings. The number of aromatic nitrogens is 4. The zero-order chi connectivity index (χ0) is 19.6. The molecule has 2 aromatic heterocycles. The Morgan fingerprint density at radius 2 is 2.07 bits per heavy atom. The molecule has 2 atom stereocenters. The average molecular weight is 416 g/mol. The van der Waals surface area contributed by atoms with Gasteiger partial charge in [0.25, 0.3) is 5.91 Å². The van der Waals surface area contributed by atoms with E-state index in [1.165, 1.54) is 11.5 Å². The summed E-state index contributed by atoms with van der Waals surface area (Å²) >= 11 is 1.17. The Bertz CT molecular complexity index is 1210. The summed E-state index contributed by atoms with van der Waals surface area (Å²) in [6, 6.07) is 5.44. The van der Waals surface area contributed by atoms with Crippen molar-refractivity contribution in [3.63, 3.8) is 0 Å². The molecule has 28 heavy (non-hydrogen) atoms. The molecule has 4 heterocycles. The molecule has 10 heteroatoms. The van der Waals surface area contributed by atoms with Crippen LogP contribution in [-0.4, -0.2) is 56.9 Å². The minimum Gasteiger partial charge on any atom is -0.335 e. The number of likely N-dealkylation sites (tertiary alicyclic amines) is 1. The van der Waals surface area contributed by atoms with Gasteiger partial charge in [-0.2, -0.15) is 5.10 Å². The van der Waals surface area contributed by atoms with Crippen LogP contribution in [0.4, 0.5) is 0 Å². The highest BCUT2D eigenvalue weighted by molar-refractivity contribution is 7.92. The number of sulfone groups is 1. The third-order valence-corrected chi connectivity index (χ3v) is 8.45. The minimum atomic E-state index is -3.47. The summed E-state index contributed by atoms with van der Waals surface area (Å²) in [6.07, 6.45) is 3.65. The first-order valence-electron chi connectivity index (χ1n) is 8.81. The van der Waals surface area contributed by atoms with Crippen molar-refractivity contribution in [3.05, 3.63) is 46.7 Å². The highest BCUT2D eigenvalue weighted by Crippen LogP contribution is 2.46. The molecule has 0 N–H and O–H groups in total. The van der Waals surface area contributed by atoms with E-state index in [1.807, 2.05) is 25.4 Å². The molecule has 1 amide bonds. The van der Waals surface area contributed by atoms with Crippen molar-refractivity contribution >= 4 is 27.3 Å². The van der Waals surface area contributed by atoms with Crippen molar-refractivity contribution in [1.29, 1.82) is 0 Å². The van der Waals surface area contributed by atoms with E-state index in [-0.39, 0.29) is 18.4 Å². The molecule has 0 unspecified atom stereocenters. The molecule has 2 aliphatic rings. The largest absolute Gasteiger partial charge is 0.335 e. The van der Waals surface area contributed by atoms with Crippen LogP contribution in [0.15, 0.2) is 35.5 Å². The van der Waals surface area contributed by atoms with Gasteiger partial charge in [0, 0.05) is 37.8 Å². The molecule has 0 spiro atoms. The summed E-state index contributed by atoms with van der Waals surface area (Å²) in [5.74, 6) is -0.478. The van der Waals surface area contributed by atoms with Crippen LogP contribution in [0.25, 0.3) is 11.1 Å². The van der Waals surface area contributed by atoms with E-state index in [1.54, 1.807) is 28.8 Å². The second kappa shape index (κ2) is 5.95. The maximum atomic E-state index is 13.1. The molecule has 2 aliphatic heterocycles. The van der Waals surface area contributed by atoms with Gasteiger partial charge >= 0.3 is 0 Å². The standard InChI is InChI=1S/C18H17N5O3S2/c1-10-17(20-21-27-10)18(24)23-8-14-13-5-11(12-6-19-22(2)7-12)3-4-15(13)28(25,26)16(14)9-23/h3-7,14,16H,8-9H2,1-2H3/t14-,16+/m0/s1. The Hall–Kier alpha value is -2.59. The molecule has 5 rings (SSSR count). The summed E-state index contributed by atoms with van der Waals surface area (Å²) in [5.41, 5.74) is 2.95. The maximum Gasteiger partial charge on any atom is 0.275 e.